The van der Waals surface area contributed by atoms with Crippen LogP contribution >= 0.6 is 0 Å². The lowest BCUT2D eigenvalue weighted by molar-refractivity contribution is -0.139. The van der Waals surface area contributed by atoms with Crippen molar-refractivity contribution in [2.45, 2.75) is 24.3 Å². The maximum atomic E-state index is 12.0. The zero-order chi connectivity index (χ0) is 16.8. The fourth-order valence-corrected chi connectivity index (χ4v) is 2.37. The maximum absolute atomic E-state index is 12.0. The molecule has 1 amide bonds. The lowest BCUT2D eigenvalue weighted by atomic mass is 10.1. The third-order valence-corrected chi connectivity index (χ3v) is 4.34. The zero-order valence-electron chi connectivity index (χ0n) is 12.2. The fraction of sp³-hybridized carbons (Fsp3) is 0.286. The van der Waals surface area contributed by atoms with Gasteiger partial charge in [0.05, 0.1) is 4.90 Å². The molecule has 1 aromatic rings. The number of rotatable bonds is 7. The Kier molecular flexibility index (Phi) is 6.26. The maximum Gasteiger partial charge on any atom is 0.326 e. The molecule has 0 fully saturated rings. The summed E-state index contributed by atoms with van der Waals surface area (Å²) in [6, 6.07) is 4.18. The highest BCUT2D eigenvalue weighted by molar-refractivity contribution is 7.89. The molecule has 0 radical (unpaired) electrons. The van der Waals surface area contributed by atoms with Gasteiger partial charge < -0.3 is 10.4 Å². The smallest absolute Gasteiger partial charge is 0.326 e. The van der Waals surface area contributed by atoms with E-state index in [1.807, 2.05) is 0 Å². The molecule has 0 aromatic heterocycles. The normalized spacial score (nSPS) is 13.0. The summed E-state index contributed by atoms with van der Waals surface area (Å²) in [5, 5.41) is 11.4. The van der Waals surface area contributed by atoms with Gasteiger partial charge in [-0.1, -0.05) is 12.2 Å². The van der Waals surface area contributed by atoms with Gasteiger partial charge in [-0.3, -0.25) is 4.79 Å². The number of carbonyl (C=O) groups is 2. The van der Waals surface area contributed by atoms with Crippen LogP contribution in [0.25, 0.3) is 0 Å². The molecule has 0 aliphatic carbocycles. The van der Waals surface area contributed by atoms with Gasteiger partial charge in [0.15, 0.2) is 0 Å². The Morgan fingerprint density at radius 1 is 1.27 bits per heavy atom. The predicted molar refractivity (Wildman–Crippen MR) is 81.0 cm³/mol. The SMILES string of the molecule is C/C=C/CC(NC(=O)c1ccc(S(=O)(=O)NC)cc1)C(=O)O. The van der Waals surface area contributed by atoms with Crippen LogP contribution < -0.4 is 10.0 Å². The van der Waals surface area contributed by atoms with Crippen molar-refractivity contribution in [3.8, 4) is 0 Å². The third-order valence-electron chi connectivity index (χ3n) is 2.91. The first-order valence-electron chi connectivity index (χ1n) is 6.50. The summed E-state index contributed by atoms with van der Waals surface area (Å²) in [4.78, 5) is 23.1. The molecule has 8 heteroatoms. The number of sulfonamides is 1. The monoisotopic (exact) mass is 326 g/mol. The number of allylic oxidation sites excluding steroid dienone is 1. The number of aliphatic carboxylic acids is 1. The molecular formula is C14H18N2O5S. The second-order valence-corrected chi connectivity index (χ2v) is 6.29. The Labute approximate surface area is 129 Å². The lowest BCUT2D eigenvalue weighted by Crippen LogP contribution is -2.40. The number of carbonyl (C=O) groups excluding carboxylic acids is 1. The molecule has 1 atom stereocenters. The van der Waals surface area contributed by atoms with E-state index in [1.165, 1.54) is 31.3 Å². The summed E-state index contributed by atoms with van der Waals surface area (Å²) in [6.45, 7) is 1.75. The molecule has 7 nitrogen and oxygen atoms in total. The van der Waals surface area contributed by atoms with Crippen LogP contribution in [0.4, 0.5) is 0 Å². The molecule has 0 heterocycles. The lowest BCUT2D eigenvalue weighted by Gasteiger charge is -2.13. The minimum atomic E-state index is -3.57. The van der Waals surface area contributed by atoms with Gasteiger partial charge in [0.2, 0.25) is 10.0 Å². The van der Waals surface area contributed by atoms with Gasteiger partial charge in [-0.25, -0.2) is 17.9 Å². The first-order valence-corrected chi connectivity index (χ1v) is 7.98. The standard InChI is InChI=1S/C14H18N2O5S/c1-3-4-5-12(14(18)19)16-13(17)10-6-8-11(9-7-10)22(20,21)15-2/h3-4,6-9,12,15H,5H2,1-2H3,(H,16,17)(H,18,19)/b4-3+. The third kappa shape index (κ3) is 4.68. The van der Waals surface area contributed by atoms with Crippen LogP contribution in [-0.4, -0.2) is 38.5 Å². The average molecular weight is 326 g/mol. The van der Waals surface area contributed by atoms with Crippen LogP contribution in [0.3, 0.4) is 0 Å². The molecule has 22 heavy (non-hydrogen) atoms. The van der Waals surface area contributed by atoms with Crippen LogP contribution in [0.1, 0.15) is 23.7 Å². The molecule has 0 aliphatic rings. The summed E-state index contributed by atoms with van der Waals surface area (Å²) < 4.78 is 25.3. The van der Waals surface area contributed by atoms with E-state index in [0.29, 0.717) is 0 Å². The van der Waals surface area contributed by atoms with Crippen molar-refractivity contribution in [1.82, 2.24) is 10.0 Å². The van der Waals surface area contributed by atoms with Crippen molar-refractivity contribution in [3.63, 3.8) is 0 Å². The molecule has 0 bridgehead atoms. The fourth-order valence-electron chi connectivity index (χ4n) is 1.64. The Bertz CT molecular complexity index is 665. The molecule has 1 rings (SSSR count). The number of carboxylic acid groups (broad SMARTS) is 1. The van der Waals surface area contributed by atoms with Gasteiger partial charge in [-0.05, 0) is 44.7 Å². The van der Waals surface area contributed by atoms with Crippen molar-refractivity contribution < 1.29 is 23.1 Å². The van der Waals surface area contributed by atoms with Crippen LogP contribution in [0.15, 0.2) is 41.3 Å². The minimum Gasteiger partial charge on any atom is -0.480 e. The highest BCUT2D eigenvalue weighted by Gasteiger charge is 2.19. The van der Waals surface area contributed by atoms with Gasteiger partial charge in [0.1, 0.15) is 6.04 Å². The summed E-state index contributed by atoms with van der Waals surface area (Å²) in [5.74, 6) is -1.72. The number of hydrogen-bond acceptors (Lipinski definition) is 4. The second-order valence-electron chi connectivity index (χ2n) is 4.40. The van der Waals surface area contributed by atoms with E-state index in [4.69, 9.17) is 5.11 Å². The van der Waals surface area contributed by atoms with Crippen molar-refractivity contribution in [3.05, 3.63) is 42.0 Å². The number of carboxylic acids is 1. The van der Waals surface area contributed by atoms with E-state index < -0.39 is 27.9 Å². The summed E-state index contributed by atoms with van der Waals surface area (Å²) in [5.41, 5.74) is 0.182. The van der Waals surface area contributed by atoms with E-state index in [9.17, 15) is 18.0 Å². The molecule has 1 aromatic carbocycles. The highest BCUT2D eigenvalue weighted by Crippen LogP contribution is 2.10. The van der Waals surface area contributed by atoms with Crippen molar-refractivity contribution in [2.75, 3.05) is 7.05 Å². The van der Waals surface area contributed by atoms with E-state index in [0.717, 1.165) is 0 Å². The molecular weight excluding hydrogens is 308 g/mol. The van der Waals surface area contributed by atoms with Crippen molar-refractivity contribution in [2.24, 2.45) is 0 Å². The predicted octanol–water partition coefficient (Wildman–Crippen LogP) is 0.744. The first-order chi connectivity index (χ1) is 10.3. The van der Waals surface area contributed by atoms with Crippen LogP contribution in [0.2, 0.25) is 0 Å². The van der Waals surface area contributed by atoms with Gasteiger partial charge in [-0.15, -0.1) is 0 Å². The summed E-state index contributed by atoms with van der Waals surface area (Å²) in [7, 11) is -2.29. The van der Waals surface area contributed by atoms with E-state index >= 15 is 0 Å². The second kappa shape index (κ2) is 7.71. The van der Waals surface area contributed by atoms with E-state index in [2.05, 4.69) is 10.0 Å². The Morgan fingerprint density at radius 2 is 1.86 bits per heavy atom. The number of benzene rings is 1. The van der Waals surface area contributed by atoms with Crippen LogP contribution in [0.5, 0.6) is 0 Å². The van der Waals surface area contributed by atoms with Crippen molar-refractivity contribution in [1.29, 1.82) is 0 Å². The molecule has 0 spiro atoms. The highest BCUT2D eigenvalue weighted by atomic mass is 32.2. The number of nitrogens with one attached hydrogen (secondary N) is 2. The minimum absolute atomic E-state index is 0.0234. The van der Waals surface area contributed by atoms with Gasteiger partial charge in [0.25, 0.3) is 5.91 Å². The molecule has 0 aliphatic heterocycles. The molecule has 1 unspecified atom stereocenters. The van der Waals surface area contributed by atoms with Crippen LogP contribution in [0, 0.1) is 0 Å². The Balaban J connectivity index is 2.87. The van der Waals surface area contributed by atoms with E-state index in [1.54, 1.807) is 19.1 Å². The zero-order valence-corrected chi connectivity index (χ0v) is 13.1. The molecule has 3 N–H and O–H groups in total. The largest absolute Gasteiger partial charge is 0.480 e. The van der Waals surface area contributed by atoms with Crippen LogP contribution in [-0.2, 0) is 14.8 Å². The molecule has 0 saturated heterocycles. The average Bonchev–Trinajstić information content (AvgIpc) is 2.51. The quantitative estimate of drug-likeness (QED) is 0.640. The van der Waals surface area contributed by atoms with Gasteiger partial charge in [-0.2, -0.15) is 0 Å². The number of amides is 1. The van der Waals surface area contributed by atoms with E-state index in [-0.39, 0.29) is 16.9 Å². The van der Waals surface area contributed by atoms with Crippen molar-refractivity contribution >= 4 is 21.9 Å². The first kappa shape index (κ1) is 17.9. The Hall–Kier alpha value is -2.19. The topological polar surface area (TPSA) is 113 Å². The Morgan fingerprint density at radius 3 is 2.32 bits per heavy atom. The molecule has 0 saturated carbocycles. The van der Waals surface area contributed by atoms with Gasteiger partial charge >= 0.3 is 5.97 Å². The summed E-state index contributed by atoms with van der Waals surface area (Å²) in [6.07, 6.45) is 3.50. The molecule has 120 valence electrons. The number of hydrogen-bond donors (Lipinski definition) is 3. The summed E-state index contributed by atoms with van der Waals surface area (Å²) >= 11 is 0. The van der Waals surface area contributed by atoms with Gasteiger partial charge in [0, 0.05) is 5.56 Å².